The van der Waals surface area contributed by atoms with E-state index in [2.05, 4.69) is 22.3 Å². The zero-order valence-electron chi connectivity index (χ0n) is 27.9. The van der Waals surface area contributed by atoms with Crippen LogP contribution in [0.5, 0.6) is 23.0 Å². The fourth-order valence-electron chi connectivity index (χ4n) is 8.18. The predicted octanol–water partition coefficient (Wildman–Crippen LogP) is 4.44. The maximum atomic E-state index is 13.4. The molecule has 0 aromatic heterocycles. The topological polar surface area (TPSA) is 114 Å². The van der Waals surface area contributed by atoms with Gasteiger partial charge in [0.2, 0.25) is 5.75 Å². The summed E-state index contributed by atoms with van der Waals surface area (Å²) in [6.45, 7) is 2.49. The molecule has 6 rings (SSSR count). The van der Waals surface area contributed by atoms with E-state index in [-0.39, 0.29) is 23.8 Å². The van der Waals surface area contributed by atoms with Crippen LogP contribution in [0.1, 0.15) is 30.4 Å². The van der Waals surface area contributed by atoms with Crippen LogP contribution in [-0.4, -0.2) is 97.4 Å². The van der Waals surface area contributed by atoms with Crippen molar-refractivity contribution in [3.05, 3.63) is 53.1 Å². The number of piperidine rings is 1. The molecule has 2 aromatic rings. The quantitative estimate of drug-likeness (QED) is 0.308. The lowest BCUT2D eigenvalue weighted by molar-refractivity contribution is -0.186. The first-order chi connectivity index (χ1) is 22.8. The van der Waals surface area contributed by atoms with Crippen LogP contribution in [0.4, 0.5) is 5.69 Å². The molecule has 6 unspecified atom stereocenters. The highest BCUT2D eigenvalue weighted by molar-refractivity contribution is 5.88. The molecule has 1 N–H and O–H groups in total. The number of fused-ring (bicyclic) bond motifs is 5. The maximum absolute atomic E-state index is 13.4. The second-order valence-corrected chi connectivity index (χ2v) is 12.4. The van der Waals surface area contributed by atoms with E-state index in [0.717, 1.165) is 43.9 Å². The lowest BCUT2D eigenvalue weighted by Crippen LogP contribution is -2.60. The lowest BCUT2D eigenvalue weighted by Gasteiger charge is -2.54. The summed E-state index contributed by atoms with van der Waals surface area (Å²) < 4.78 is 39.0. The normalized spacial score (nSPS) is 26.6. The van der Waals surface area contributed by atoms with E-state index in [1.54, 1.807) is 32.4 Å². The molecule has 0 spiro atoms. The van der Waals surface area contributed by atoms with Crippen molar-refractivity contribution in [1.29, 1.82) is 0 Å². The Hall–Kier alpha value is -4.22. The number of carbonyl (C=O) groups excluding carboxylic acids is 2. The second kappa shape index (κ2) is 13.9. The molecule has 0 radical (unpaired) electrons. The van der Waals surface area contributed by atoms with Crippen LogP contribution in [0.25, 0.3) is 11.6 Å². The van der Waals surface area contributed by atoms with Gasteiger partial charge in [-0.05, 0) is 78.1 Å². The van der Waals surface area contributed by atoms with Gasteiger partial charge in [-0.3, -0.25) is 9.69 Å². The van der Waals surface area contributed by atoms with Crippen molar-refractivity contribution in [2.24, 2.45) is 17.8 Å². The molecule has 1 aliphatic carbocycles. The average Bonchev–Trinajstić information content (AvgIpc) is 3.11. The summed E-state index contributed by atoms with van der Waals surface area (Å²) in [4.78, 5) is 29.2. The lowest BCUT2D eigenvalue weighted by atomic mass is 9.63. The smallest absolute Gasteiger partial charge is 0.331 e. The van der Waals surface area contributed by atoms with E-state index in [4.69, 9.17) is 33.2 Å². The van der Waals surface area contributed by atoms with Crippen molar-refractivity contribution in [2.45, 2.75) is 37.5 Å². The van der Waals surface area contributed by atoms with Crippen LogP contribution in [0.3, 0.4) is 0 Å². The molecule has 0 amide bonds. The summed E-state index contributed by atoms with van der Waals surface area (Å²) in [5.74, 6) is 0.962. The molecule has 4 aliphatic rings. The number of rotatable bonds is 9. The van der Waals surface area contributed by atoms with Gasteiger partial charge in [0.15, 0.2) is 11.5 Å². The fraction of sp³-hybridized carbons (Fsp3) is 0.500. The largest absolute Gasteiger partial charge is 0.497 e. The fourth-order valence-corrected chi connectivity index (χ4v) is 8.18. The Morgan fingerprint density at radius 3 is 2.36 bits per heavy atom. The van der Waals surface area contributed by atoms with Crippen molar-refractivity contribution >= 4 is 29.3 Å². The number of benzene rings is 2. The molecule has 2 aromatic carbocycles. The van der Waals surface area contributed by atoms with Gasteiger partial charge in [0.05, 0.1) is 41.5 Å². The van der Waals surface area contributed by atoms with Crippen molar-refractivity contribution in [3.63, 3.8) is 0 Å². The number of anilines is 1. The Kier molecular flexibility index (Phi) is 9.65. The van der Waals surface area contributed by atoms with Gasteiger partial charge in [-0.15, -0.1) is 0 Å². The molecule has 3 heterocycles. The van der Waals surface area contributed by atoms with E-state index in [1.807, 2.05) is 6.07 Å². The third kappa shape index (κ3) is 6.14. The zero-order valence-corrected chi connectivity index (χ0v) is 27.9. The van der Waals surface area contributed by atoms with E-state index in [9.17, 15) is 9.59 Å². The highest BCUT2D eigenvalue weighted by atomic mass is 16.6. The number of ether oxygens (including phenoxy) is 7. The van der Waals surface area contributed by atoms with Crippen LogP contribution in [0.15, 0.2) is 42.0 Å². The third-order valence-corrected chi connectivity index (χ3v) is 10.3. The van der Waals surface area contributed by atoms with E-state index >= 15 is 0 Å². The molecule has 6 atom stereocenters. The summed E-state index contributed by atoms with van der Waals surface area (Å²) in [5, 5.41) is 3.61. The average molecular weight is 649 g/mol. The summed E-state index contributed by atoms with van der Waals surface area (Å²) in [7, 11) is 9.27. The highest BCUT2D eigenvalue weighted by Crippen LogP contribution is 2.49. The molecular formula is C36H44N2O9. The minimum atomic E-state index is -0.636. The van der Waals surface area contributed by atoms with Gasteiger partial charge in [-0.25, -0.2) is 4.79 Å². The van der Waals surface area contributed by atoms with E-state index in [1.165, 1.54) is 51.2 Å². The first-order valence-electron chi connectivity index (χ1n) is 16.0. The van der Waals surface area contributed by atoms with Crippen LogP contribution in [-0.2, 0) is 23.8 Å². The van der Waals surface area contributed by atoms with Gasteiger partial charge < -0.3 is 38.5 Å². The number of hydrogen-bond acceptors (Lipinski definition) is 11. The van der Waals surface area contributed by atoms with Gasteiger partial charge in [-0.1, -0.05) is 0 Å². The molecule has 47 heavy (non-hydrogen) atoms. The molecule has 3 aliphatic heterocycles. The molecular weight excluding hydrogens is 604 g/mol. The Bertz CT molecular complexity index is 1540. The Labute approximate surface area is 275 Å². The van der Waals surface area contributed by atoms with Crippen LogP contribution >= 0.6 is 0 Å². The summed E-state index contributed by atoms with van der Waals surface area (Å²) in [5.41, 5.74) is 5.77. The molecule has 1 saturated carbocycles. The first-order valence-corrected chi connectivity index (χ1v) is 16.0. The molecule has 11 heteroatoms. The van der Waals surface area contributed by atoms with Crippen molar-refractivity contribution in [2.75, 3.05) is 67.6 Å². The Morgan fingerprint density at radius 1 is 0.936 bits per heavy atom. The van der Waals surface area contributed by atoms with Crippen LogP contribution < -0.4 is 24.3 Å². The number of hydrogen-bond donors (Lipinski definition) is 1. The van der Waals surface area contributed by atoms with Crippen LogP contribution in [0, 0.1) is 17.8 Å². The Morgan fingerprint density at radius 2 is 1.70 bits per heavy atom. The van der Waals surface area contributed by atoms with Gasteiger partial charge in [-0.2, -0.15) is 0 Å². The van der Waals surface area contributed by atoms with Gasteiger partial charge in [0.1, 0.15) is 18.0 Å². The second-order valence-electron chi connectivity index (χ2n) is 12.4. The number of nitrogens with one attached hydrogen (secondary N) is 1. The summed E-state index contributed by atoms with van der Waals surface area (Å²) >= 11 is 0. The summed E-state index contributed by atoms with van der Waals surface area (Å²) in [6, 6.07) is 9.91. The Balaban J connectivity index is 1.22. The molecule has 0 bridgehead atoms. The van der Waals surface area contributed by atoms with Gasteiger partial charge in [0, 0.05) is 56.2 Å². The van der Waals surface area contributed by atoms with Crippen molar-refractivity contribution in [3.8, 4) is 23.0 Å². The van der Waals surface area contributed by atoms with Crippen molar-refractivity contribution in [1.82, 2.24) is 4.90 Å². The first kappa shape index (κ1) is 32.7. The zero-order chi connectivity index (χ0) is 33.2. The number of nitrogens with zero attached hydrogens (tertiary/aromatic N) is 1. The van der Waals surface area contributed by atoms with Gasteiger partial charge in [0.25, 0.3) is 0 Å². The summed E-state index contributed by atoms with van der Waals surface area (Å²) in [6.07, 6.45) is 4.10. The molecule has 1 saturated heterocycles. The third-order valence-electron chi connectivity index (χ3n) is 10.3. The van der Waals surface area contributed by atoms with Crippen LogP contribution in [0.2, 0.25) is 0 Å². The SMILES string of the molecule is COC(=O)C1C2CC3C4=C(CCN3CC2CC(OC(=O)/C=C/c2cc(OC)c(OC)c(OC)c2)C1OC)c1ccc(OC)cc1NC4. The maximum Gasteiger partial charge on any atom is 0.331 e. The minimum absolute atomic E-state index is 0.0162. The highest BCUT2D eigenvalue weighted by Gasteiger charge is 2.54. The molecule has 252 valence electrons. The minimum Gasteiger partial charge on any atom is -0.497 e. The monoisotopic (exact) mass is 648 g/mol. The number of carbonyl (C=O) groups is 2. The molecule has 11 nitrogen and oxygen atoms in total. The number of methoxy groups -OCH3 is 6. The van der Waals surface area contributed by atoms with E-state index < -0.39 is 24.1 Å². The molecule has 2 fully saturated rings. The standard InChI is InChI=1S/C36H44N2O9/c1-41-22-8-9-24-23-11-12-38-19-21-15-31(47-32(39)10-7-20-13-29(42-2)34(44-4)30(14-20)43-3)35(45-5)33(36(40)46-6)25(21)17-28(38)26(23)18-37-27(24)16-22/h7-10,13-14,16,21,25,28,31,33,35,37H,11-12,15,17-19H2,1-6H3/b10-7+. The van der Waals surface area contributed by atoms with Crippen molar-refractivity contribution < 1.29 is 42.7 Å². The van der Waals surface area contributed by atoms with E-state index in [0.29, 0.717) is 29.2 Å². The predicted molar refractivity (Wildman–Crippen MR) is 176 cm³/mol. The van der Waals surface area contributed by atoms with Gasteiger partial charge >= 0.3 is 11.9 Å². The number of esters is 2.